The molecule has 0 aliphatic carbocycles. The quantitative estimate of drug-likeness (QED) is 0.901. The molecule has 0 saturated carbocycles. The predicted octanol–water partition coefficient (Wildman–Crippen LogP) is 2.06. The normalized spacial score (nSPS) is 20.8. The zero-order chi connectivity index (χ0) is 16.3. The van der Waals surface area contributed by atoms with Crippen LogP contribution in [0.4, 0.5) is 0 Å². The summed E-state index contributed by atoms with van der Waals surface area (Å²) < 4.78 is 26.9. The van der Waals surface area contributed by atoms with Gasteiger partial charge in [0.15, 0.2) is 0 Å². The molecule has 1 aliphatic rings. The van der Waals surface area contributed by atoms with Crippen LogP contribution in [0.15, 0.2) is 29.2 Å². The molecule has 22 heavy (non-hydrogen) atoms. The van der Waals surface area contributed by atoms with E-state index in [-0.39, 0.29) is 16.8 Å². The Hall–Kier alpha value is -1.40. The molecule has 0 spiro atoms. The smallest absolute Gasteiger partial charge is 0.243 e. The molecule has 2 rings (SSSR count). The first-order valence-electron chi connectivity index (χ1n) is 7.75. The minimum atomic E-state index is -3.62. The molecule has 1 fully saturated rings. The zero-order valence-corrected chi connectivity index (χ0v) is 14.2. The highest BCUT2D eigenvalue weighted by molar-refractivity contribution is 7.89. The minimum Gasteiger partial charge on any atom is -0.352 e. The standard InChI is InChI=1S/C16H24N2O3S/c1-4-13(3)17-16(19)15-6-5-11-18(15)22(20,21)14-9-7-12(2)8-10-14/h7-10,13,15H,4-6,11H2,1-3H3,(H,17,19)/t13-,15+/m1/s1. The van der Waals surface area contributed by atoms with E-state index in [0.29, 0.717) is 19.4 Å². The summed E-state index contributed by atoms with van der Waals surface area (Å²) >= 11 is 0. The van der Waals surface area contributed by atoms with E-state index < -0.39 is 16.1 Å². The Bertz CT molecular complexity index is 625. The highest BCUT2D eigenvalue weighted by atomic mass is 32.2. The van der Waals surface area contributed by atoms with Crippen molar-refractivity contribution in [2.75, 3.05) is 6.54 Å². The van der Waals surface area contributed by atoms with Gasteiger partial charge in [0, 0.05) is 12.6 Å². The van der Waals surface area contributed by atoms with Gasteiger partial charge >= 0.3 is 0 Å². The van der Waals surface area contributed by atoms with E-state index in [4.69, 9.17) is 0 Å². The van der Waals surface area contributed by atoms with Gasteiger partial charge in [-0.3, -0.25) is 4.79 Å². The number of carbonyl (C=O) groups is 1. The average molecular weight is 324 g/mol. The average Bonchev–Trinajstić information content (AvgIpc) is 2.97. The minimum absolute atomic E-state index is 0.0528. The van der Waals surface area contributed by atoms with E-state index in [0.717, 1.165) is 12.0 Å². The van der Waals surface area contributed by atoms with Crippen molar-refractivity contribution >= 4 is 15.9 Å². The molecule has 6 heteroatoms. The van der Waals surface area contributed by atoms with Crippen molar-refractivity contribution in [3.63, 3.8) is 0 Å². The van der Waals surface area contributed by atoms with Gasteiger partial charge in [-0.1, -0.05) is 24.6 Å². The van der Waals surface area contributed by atoms with Crippen molar-refractivity contribution < 1.29 is 13.2 Å². The molecule has 5 nitrogen and oxygen atoms in total. The van der Waals surface area contributed by atoms with Gasteiger partial charge in [-0.15, -0.1) is 0 Å². The molecule has 0 unspecified atom stereocenters. The van der Waals surface area contributed by atoms with E-state index in [9.17, 15) is 13.2 Å². The summed E-state index contributed by atoms with van der Waals surface area (Å²) in [6.07, 6.45) is 2.11. The molecule has 1 amide bonds. The number of amides is 1. The lowest BCUT2D eigenvalue weighted by atomic mass is 10.2. The Labute approximate surface area is 132 Å². The van der Waals surface area contributed by atoms with Crippen LogP contribution in [0.5, 0.6) is 0 Å². The highest BCUT2D eigenvalue weighted by Crippen LogP contribution is 2.26. The summed E-state index contributed by atoms with van der Waals surface area (Å²) in [5.41, 5.74) is 1.01. The van der Waals surface area contributed by atoms with Crippen LogP contribution in [0.1, 0.15) is 38.7 Å². The van der Waals surface area contributed by atoms with Gasteiger partial charge in [-0.25, -0.2) is 8.42 Å². The fraction of sp³-hybridized carbons (Fsp3) is 0.562. The second-order valence-electron chi connectivity index (χ2n) is 5.90. The van der Waals surface area contributed by atoms with Crippen molar-refractivity contribution in [3.8, 4) is 0 Å². The molecular formula is C16H24N2O3S. The van der Waals surface area contributed by atoms with E-state index in [1.165, 1.54) is 4.31 Å². The van der Waals surface area contributed by atoms with Crippen molar-refractivity contribution in [2.45, 2.75) is 57.0 Å². The number of benzene rings is 1. The van der Waals surface area contributed by atoms with Crippen LogP contribution >= 0.6 is 0 Å². The summed E-state index contributed by atoms with van der Waals surface area (Å²) in [6.45, 7) is 6.22. The Morgan fingerprint density at radius 1 is 1.36 bits per heavy atom. The number of aryl methyl sites for hydroxylation is 1. The molecular weight excluding hydrogens is 300 g/mol. The third kappa shape index (κ3) is 3.50. The number of hydrogen-bond acceptors (Lipinski definition) is 3. The maximum atomic E-state index is 12.8. The zero-order valence-electron chi connectivity index (χ0n) is 13.4. The number of rotatable bonds is 5. The molecule has 0 radical (unpaired) electrons. The second kappa shape index (κ2) is 6.79. The molecule has 1 heterocycles. The van der Waals surface area contributed by atoms with E-state index in [2.05, 4.69) is 5.32 Å². The van der Waals surface area contributed by atoms with Crippen LogP contribution in [0.2, 0.25) is 0 Å². The molecule has 122 valence electrons. The number of sulfonamides is 1. The van der Waals surface area contributed by atoms with Crippen LogP contribution < -0.4 is 5.32 Å². The summed E-state index contributed by atoms with van der Waals surface area (Å²) in [4.78, 5) is 12.6. The first-order valence-corrected chi connectivity index (χ1v) is 9.19. The first-order chi connectivity index (χ1) is 10.4. The first kappa shape index (κ1) is 17.0. The molecule has 1 N–H and O–H groups in total. The van der Waals surface area contributed by atoms with Crippen LogP contribution in [-0.2, 0) is 14.8 Å². The van der Waals surface area contributed by atoms with E-state index in [1.807, 2.05) is 20.8 Å². The van der Waals surface area contributed by atoms with Crippen molar-refractivity contribution in [1.29, 1.82) is 0 Å². The van der Waals surface area contributed by atoms with Crippen LogP contribution in [0.3, 0.4) is 0 Å². The fourth-order valence-electron chi connectivity index (χ4n) is 2.58. The van der Waals surface area contributed by atoms with Crippen molar-refractivity contribution in [3.05, 3.63) is 29.8 Å². The van der Waals surface area contributed by atoms with Crippen molar-refractivity contribution in [1.82, 2.24) is 9.62 Å². The maximum Gasteiger partial charge on any atom is 0.243 e. The lowest BCUT2D eigenvalue weighted by Crippen LogP contribution is -2.48. The summed E-state index contributed by atoms with van der Waals surface area (Å²) in [6, 6.07) is 6.21. The second-order valence-corrected chi connectivity index (χ2v) is 7.80. The van der Waals surface area contributed by atoms with Gasteiger partial charge in [0.1, 0.15) is 6.04 Å². The summed E-state index contributed by atoms with van der Waals surface area (Å²) in [5, 5.41) is 2.89. The van der Waals surface area contributed by atoms with Gasteiger partial charge in [-0.2, -0.15) is 4.31 Å². The number of carbonyl (C=O) groups excluding carboxylic acids is 1. The van der Waals surface area contributed by atoms with Gasteiger partial charge < -0.3 is 5.32 Å². The molecule has 1 aliphatic heterocycles. The third-order valence-corrected chi connectivity index (χ3v) is 6.06. The molecule has 1 aromatic rings. The Morgan fingerprint density at radius 3 is 2.59 bits per heavy atom. The van der Waals surface area contributed by atoms with Gasteiger partial charge in [-0.05, 0) is 45.2 Å². The SMILES string of the molecule is CC[C@@H](C)NC(=O)[C@@H]1CCCN1S(=O)(=O)c1ccc(C)cc1. The number of hydrogen-bond donors (Lipinski definition) is 1. The topological polar surface area (TPSA) is 66.5 Å². The molecule has 1 aromatic carbocycles. The molecule has 0 bridgehead atoms. The Balaban J connectivity index is 2.22. The Morgan fingerprint density at radius 2 is 2.00 bits per heavy atom. The predicted molar refractivity (Wildman–Crippen MR) is 86.0 cm³/mol. The van der Waals surface area contributed by atoms with E-state index in [1.54, 1.807) is 24.3 Å². The van der Waals surface area contributed by atoms with Gasteiger partial charge in [0.25, 0.3) is 0 Å². The van der Waals surface area contributed by atoms with Crippen LogP contribution in [0, 0.1) is 6.92 Å². The summed E-state index contributed by atoms with van der Waals surface area (Å²) in [7, 11) is -3.62. The number of nitrogens with zero attached hydrogens (tertiary/aromatic N) is 1. The van der Waals surface area contributed by atoms with Crippen LogP contribution in [-0.4, -0.2) is 37.3 Å². The molecule has 1 saturated heterocycles. The third-order valence-electron chi connectivity index (χ3n) is 4.13. The van der Waals surface area contributed by atoms with E-state index >= 15 is 0 Å². The van der Waals surface area contributed by atoms with Crippen molar-refractivity contribution in [2.24, 2.45) is 0 Å². The summed E-state index contributed by atoms with van der Waals surface area (Å²) in [5.74, 6) is -0.192. The fourth-order valence-corrected chi connectivity index (χ4v) is 4.23. The maximum absolute atomic E-state index is 12.8. The monoisotopic (exact) mass is 324 g/mol. The lowest BCUT2D eigenvalue weighted by Gasteiger charge is -2.24. The largest absolute Gasteiger partial charge is 0.352 e. The Kier molecular flexibility index (Phi) is 5.24. The molecule has 2 atom stereocenters. The highest BCUT2D eigenvalue weighted by Gasteiger charge is 2.39. The molecule has 0 aromatic heterocycles. The van der Waals surface area contributed by atoms with Crippen LogP contribution in [0.25, 0.3) is 0 Å². The van der Waals surface area contributed by atoms with Gasteiger partial charge in [0.2, 0.25) is 15.9 Å². The number of nitrogens with one attached hydrogen (secondary N) is 1. The van der Waals surface area contributed by atoms with Gasteiger partial charge in [0.05, 0.1) is 4.90 Å². The lowest BCUT2D eigenvalue weighted by molar-refractivity contribution is -0.124.